The van der Waals surface area contributed by atoms with Gasteiger partial charge in [0.05, 0.1) is 10.0 Å². The first-order valence-electron chi connectivity index (χ1n) is 9.14. The highest BCUT2D eigenvalue weighted by Crippen LogP contribution is 2.40. The first-order valence-corrected chi connectivity index (χ1v) is 12.2. The van der Waals surface area contributed by atoms with Crippen LogP contribution in [0.15, 0.2) is 62.3 Å². The number of halogens is 2. The molecule has 0 spiro atoms. The normalized spacial score (nSPS) is 12.3. The minimum atomic E-state index is -4.18. The second-order valence-corrected chi connectivity index (χ2v) is 10.8. The standard InChI is InChI=1S/C20H14Cl2N4O5S2/c1-10-8-12(23-20(24-29)25-33(30,31)17-7-6-16(22)32-17)3-5-15(10)26-18(27)13-4-2-11(21)9-14(13)19(26)28/h2-9,27-28H,1H3,(H,23,25). The number of hydrogen-bond donors (Lipinski definition) is 3. The zero-order chi connectivity index (χ0) is 23.9. The number of sulfonamides is 1. The number of rotatable bonds is 4. The number of thiophene rings is 1. The Bertz CT molecular complexity index is 1540. The minimum absolute atomic E-state index is 0.132. The zero-order valence-electron chi connectivity index (χ0n) is 16.7. The van der Waals surface area contributed by atoms with E-state index in [4.69, 9.17) is 23.2 Å². The summed E-state index contributed by atoms with van der Waals surface area (Å²) in [4.78, 5) is 11.2. The van der Waals surface area contributed by atoms with E-state index >= 15 is 0 Å². The number of nitrogens with one attached hydrogen (secondary N) is 1. The molecule has 0 unspecified atom stereocenters. The van der Waals surface area contributed by atoms with Crippen LogP contribution in [0.25, 0.3) is 16.5 Å². The van der Waals surface area contributed by atoms with Gasteiger partial charge >= 0.3 is 0 Å². The maximum atomic E-state index is 12.4. The third-order valence-corrected chi connectivity index (χ3v) is 7.88. The fourth-order valence-corrected chi connectivity index (χ4v) is 5.76. The average Bonchev–Trinajstić information content (AvgIpc) is 3.30. The zero-order valence-corrected chi connectivity index (χ0v) is 19.8. The van der Waals surface area contributed by atoms with Crippen LogP contribution >= 0.6 is 34.5 Å². The number of aromatic hydroxyl groups is 2. The molecule has 0 radical (unpaired) electrons. The molecule has 4 rings (SSSR count). The second kappa shape index (κ2) is 8.67. The summed E-state index contributed by atoms with van der Waals surface area (Å²) in [5.41, 5.74) is 1.34. The molecule has 0 saturated carbocycles. The molecule has 2 heterocycles. The first kappa shape index (κ1) is 23.1. The molecule has 3 N–H and O–H groups in total. The van der Waals surface area contributed by atoms with E-state index in [1.807, 2.05) is 0 Å². The lowest BCUT2D eigenvalue weighted by Crippen LogP contribution is -2.12. The van der Waals surface area contributed by atoms with Crippen molar-refractivity contribution in [3.63, 3.8) is 0 Å². The number of anilines is 1. The molecule has 13 heteroatoms. The molecular formula is C20H14Cl2N4O5S2. The summed E-state index contributed by atoms with van der Waals surface area (Å²) in [7, 11) is -4.18. The Labute approximate surface area is 201 Å². The summed E-state index contributed by atoms with van der Waals surface area (Å²) in [5.74, 6) is -1.05. The summed E-state index contributed by atoms with van der Waals surface area (Å²) >= 11 is 12.6. The summed E-state index contributed by atoms with van der Waals surface area (Å²) in [6.07, 6.45) is 0. The van der Waals surface area contributed by atoms with Crippen LogP contribution in [0.4, 0.5) is 5.69 Å². The van der Waals surface area contributed by atoms with Crippen LogP contribution in [0, 0.1) is 11.8 Å². The molecule has 0 atom stereocenters. The van der Waals surface area contributed by atoms with Gasteiger partial charge in [-0.1, -0.05) is 23.2 Å². The van der Waals surface area contributed by atoms with Crippen molar-refractivity contribution in [3.05, 3.63) is 68.4 Å². The van der Waals surface area contributed by atoms with Crippen molar-refractivity contribution in [2.45, 2.75) is 11.1 Å². The number of fused-ring (bicyclic) bond motifs is 1. The Balaban J connectivity index is 1.68. The molecule has 2 aromatic carbocycles. The SMILES string of the molecule is Cc1cc(NC(N=O)=NS(=O)(=O)c2ccc(Cl)s2)ccc1-n1c(O)c2ccc(Cl)cc2c1O. The number of nitroso groups, excluding NO2 is 1. The van der Waals surface area contributed by atoms with Crippen molar-refractivity contribution in [1.82, 2.24) is 4.57 Å². The molecule has 4 aromatic rings. The van der Waals surface area contributed by atoms with Gasteiger partial charge in [0.1, 0.15) is 4.21 Å². The summed E-state index contributed by atoms with van der Waals surface area (Å²) in [6, 6.07) is 12.0. The van der Waals surface area contributed by atoms with Crippen molar-refractivity contribution in [2.24, 2.45) is 9.57 Å². The van der Waals surface area contributed by atoms with E-state index in [9.17, 15) is 23.5 Å². The predicted octanol–water partition coefficient (Wildman–Crippen LogP) is 5.64. The van der Waals surface area contributed by atoms with E-state index in [1.54, 1.807) is 31.2 Å². The fraction of sp³-hybridized carbons (Fsp3) is 0.0500. The molecule has 0 amide bonds. The van der Waals surface area contributed by atoms with Gasteiger partial charge in [0.15, 0.2) is 0 Å². The minimum Gasteiger partial charge on any atom is -0.494 e. The van der Waals surface area contributed by atoms with Crippen molar-refractivity contribution in [2.75, 3.05) is 5.32 Å². The maximum absolute atomic E-state index is 12.4. The van der Waals surface area contributed by atoms with Gasteiger partial charge in [-0.15, -0.1) is 20.6 Å². The van der Waals surface area contributed by atoms with E-state index in [0.717, 1.165) is 11.3 Å². The molecule has 0 aliphatic rings. The maximum Gasteiger partial charge on any atom is 0.295 e. The number of nitrogens with zero attached hydrogens (tertiary/aromatic N) is 3. The van der Waals surface area contributed by atoms with Gasteiger partial charge in [0, 0.05) is 26.7 Å². The van der Waals surface area contributed by atoms with Gasteiger partial charge in [0.25, 0.3) is 16.0 Å². The Kier molecular flexibility index (Phi) is 6.06. The lowest BCUT2D eigenvalue weighted by atomic mass is 10.1. The van der Waals surface area contributed by atoms with E-state index in [0.29, 0.717) is 32.7 Å². The molecule has 0 aliphatic carbocycles. The van der Waals surface area contributed by atoms with E-state index < -0.39 is 16.0 Å². The first-order chi connectivity index (χ1) is 15.6. The predicted molar refractivity (Wildman–Crippen MR) is 130 cm³/mol. The van der Waals surface area contributed by atoms with Gasteiger partial charge in [0.2, 0.25) is 11.8 Å². The number of aryl methyl sites for hydroxylation is 1. The van der Waals surface area contributed by atoms with Crippen molar-refractivity contribution in [3.8, 4) is 17.4 Å². The molecule has 0 bridgehead atoms. The second-order valence-electron chi connectivity index (χ2n) is 6.84. The summed E-state index contributed by atoms with van der Waals surface area (Å²) < 4.78 is 29.5. The smallest absolute Gasteiger partial charge is 0.295 e. The Morgan fingerprint density at radius 2 is 1.76 bits per heavy atom. The topological polar surface area (TPSA) is 133 Å². The van der Waals surface area contributed by atoms with Gasteiger partial charge in [-0.2, -0.15) is 8.42 Å². The molecular weight excluding hydrogens is 511 g/mol. The van der Waals surface area contributed by atoms with Crippen molar-refractivity contribution >= 4 is 67.0 Å². The van der Waals surface area contributed by atoms with Crippen LogP contribution in [0.3, 0.4) is 0 Å². The lowest BCUT2D eigenvalue weighted by Gasteiger charge is -2.12. The largest absolute Gasteiger partial charge is 0.494 e. The van der Waals surface area contributed by atoms with Gasteiger partial charge in [-0.05, 0) is 61.0 Å². The van der Waals surface area contributed by atoms with Crippen LogP contribution in [-0.2, 0) is 10.0 Å². The molecule has 0 saturated heterocycles. The van der Waals surface area contributed by atoms with Crippen LogP contribution in [0.5, 0.6) is 11.8 Å². The molecule has 170 valence electrons. The molecule has 2 aromatic heterocycles. The number of guanidine groups is 1. The highest BCUT2D eigenvalue weighted by molar-refractivity contribution is 7.92. The van der Waals surface area contributed by atoms with Crippen LogP contribution in [-0.4, -0.2) is 29.2 Å². The average molecular weight is 525 g/mol. The van der Waals surface area contributed by atoms with E-state index in [2.05, 4.69) is 14.9 Å². The summed E-state index contributed by atoms with van der Waals surface area (Å²) in [5, 5.41) is 27.7. The Morgan fingerprint density at radius 3 is 2.39 bits per heavy atom. The van der Waals surface area contributed by atoms with E-state index in [-0.39, 0.29) is 20.3 Å². The molecule has 0 fully saturated rings. The third-order valence-electron chi connectivity index (χ3n) is 4.68. The number of aromatic nitrogens is 1. The fourth-order valence-electron chi connectivity index (χ4n) is 3.24. The van der Waals surface area contributed by atoms with Crippen molar-refractivity contribution in [1.29, 1.82) is 0 Å². The van der Waals surface area contributed by atoms with Gasteiger partial charge in [-0.3, -0.25) is 4.57 Å². The monoisotopic (exact) mass is 524 g/mol. The Morgan fingerprint density at radius 1 is 1.03 bits per heavy atom. The van der Waals surface area contributed by atoms with E-state index in [1.165, 1.54) is 28.8 Å². The van der Waals surface area contributed by atoms with Gasteiger partial charge < -0.3 is 15.5 Å². The number of benzene rings is 2. The summed E-state index contributed by atoms with van der Waals surface area (Å²) in [6.45, 7) is 1.70. The van der Waals surface area contributed by atoms with Crippen LogP contribution in [0.2, 0.25) is 9.36 Å². The highest BCUT2D eigenvalue weighted by Gasteiger charge is 2.20. The molecule has 9 nitrogen and oxygen atoms in total. The number of hydrogen-bond acceptors (Lipinski definition) is 6. The Hall–Kier alpha value is -3.12. The van der Waals surface area contributed by atoms with Crippen LogP contribution < -0.4 is 5.32 Å². The van der Waals surface area contributed by atoms with Crippen molar-refractivity contribution < 1.29 is 18.6 Å². The molecule has 33 heavy (non-hydrogen) atoms. The lowest BCUT2D eigenvalue weighted by molar-refractivity contribution is 0.406. The highest BCUT2D eigenvalue weighted by atomic mass is 35.5. The van der Waals surface area contributed by atoms with Crippen LogP contribution in [0.1, 0.15) is 5.56 Å². The quantitative estimate of drug-likeness (QED) is 0.179. The van der Waals surface area contributed by atoms with Gasteiger partial charge in [-0.25, -0.2) is 0 Å². The third kappa shape index (κ3) is 4.40. The molecule has 0 aliphatic heterocycles.